The number of hydrogen-bond donors (Lipinski definition) is 2. The van der Waals surface area contributed by atoms with Gasteiger partial charge in [-0.1, -0.05) is 35.5 Å². The Kier molecular flexibility index (Phi) is 3.50. The predicted molar refractivity (Wildman–Crippen MR) is 68.4 cm³/mol. The third-order valence-electron chi connectivity index (χ3n) is 3.44. The first-order valence-corrected chi connectivity index (χ1v) is 5.95. The zero-order valence-corrected chi connectivity index (χ0v) is 10.3. The van der Waals surface area contributed by atoms with Crippen LogP contribution in [0.3, 0.4) is 0 Å². The lowest BCUT2D eigenvalue weighted by Gasteiger charge is -2.23. The van der Waals surface area contributed by atoms with Crippen LogP contribution in [-0.4, -0.2) is 34.4 Å². The number of oxime groups is 1. The molecule has 1 heterocycles. The summed E-state index contributed by atoms with van der Waals surface area (Å²) in [5.41, 5.74) is 6.70. The van der Waals surface area contributed by atoms with E-state index in [0.29, 0.717) is 13.0 Å². The molecule has 96 valence electrons. The highest BCUT2D eigenvalue weighted by Crippen LogP contribution is 2.29. The lowest BCUT2D eigenvalue weighted by molar-refractivity contribution is -0.128. The van der Waals surface area contributed by atoms with Crippen LogP contribution in [0.5, 0.6) is 0 Å². The van der Waals surface area contributed by atoms with Crippen LogP contribution in [0.25, 0.3) is 0 Å². The molecule has 5 nitrogen and oxygen atoms in total. The summed E-state index contributed by atoms with van der Waals surface area (Å²) in [6, 6.07) is 9.57. The van der Waals surface area contributed by atoms with Crippen LogP contribution in [0, 0.1) is 0 Å². The van der Waals surface area contributed by atoms with Crippen molar-refractivity contribution in [3.05, 3.63) is 35.9 Å². The van der Waals surface area contributed by atoms with Gasteiger partial charge in [-0.2, -0.15) is 0 Å². The molecule has 0 aromatic heterocycles. The summed E-state index contributed by atoms with van der Waals surface area (Å²) >= 11 is 0. The molecule has 1 aliphatic heterocycles. The van der Waals surface area contributed by atoms with Gasteiger partial charge < -0.3 is 15.8 Å². The fourth-order valence-electron chi connectivity index (χ4n) is 2.30. The number of benzene rings is 1. The summed E-state index contributed by atoms with van der Waals surface area (Å²) in [5, 5.41) is 11.6. The molecule has 2 rings (SSSR count). The van der Waals surface area contributed by atoms with Gasteiger partial charge in [0.05, 0.1) is 6.04 Å². The van der Waals surface area contributed by atoms with Crippen molar-refractivity contribution in [1.29, 1.82) is 0 Å². The maximum Gasteiger partial charge on any atom is 0.223 e. The van der Waals surface area contributed by atoms with Gasteiger partial charge in [0.15, 0.2) is 5.84 Å². The lowest BCUT2D eigenvalue weighted by Crippen LogP contribution is -2.43. The van der Waals surface area contributed by atoms with Crippen LogP contribution in [0.2, 0.25) is 0 Å². The highest BCUT2D eigenvalue weighted by molar-refractivity contribution is 5.90. The van der Waals surface area contributed by atoms with Gasteiger partial charge in [0.2, 0.25) is 5.91 Å². The molecule has 0 aliphatic carbocycles. The topological polar surface area (TPSA) is 78.9 Å². The molecule has 0 bridgehead atoms. The van der Waals surface area contributed by atoms with E-state index >= 15 is 0 Å². The van der Waals surface area contributed by atoms with Crippen LogP contribution in [0.15, 0.2) is 35.5 Å². The Morgan fingerprint density at radius 2 is 2.17 bits per heavy atom. The highest BCUT2D eigenvalue weighted by Gasteiger charge is 2.34. The molecule has 1 aromatic rings. The summed E-state index contributed by atoms with van der Waals surface area (Å²) in [5.74, 6) is 0.299. The van der Waals surface area contributed by atoms with E-state index < -0.39 is 0 Å². The monoisotopic (exact) mass is 247 g/mol. The second kappa shape index (κ2) is 5.08. The first kappa shape index (κ1) is 12.4. The van der Waals surface area contributed by atoms with Gasteiger partial charge in [-0.15, -0.1) is 0 Å². The Balaban J connectivity index is 2.12. The van der Waals surface area contributed by atoms with Gasteiger partial charge in [0.25, 0.3) is 0 Å². The number of hydrogen-bond acceptors (Lipinski definition) is 3. The number of carbonyl (C=O) groups is 1. The molecule has 0 radical (unpaired) electrons. The molecule has 1 amide bonds. The molecule has 1 saturated heterocycles. The van der Waals surface area contributed by atoms with Crippen molar-refractivity contribution in [2.45, 2.75) is 25.3 Å². The van der Waals surface area contributed by atoms with E-state index in [9.17, 15) is 4.79 Å². The largest absolute Gasteiger partial charge is 0.409 e. The predicted octanol–water partition coefficient (Wildman–Crippen LogP) is 1.14. The van der Waals surface area contributed by atoms with Crippen LogP contribution < -0.4 is 5.73 Å². The van der Waals surface area contributed by atoms with Gasteiger partial charge in [0.1, 0.15) is 0 Å². The van der Waals surface area contributed by atoms with Crippen molar-refractivity contribution in [3.63, 3.8) is 0 Å². The van der Waals surface area contributed by atoms with E-state index in [-0.39, 0.29) is 23.7 Å². The highest BCUT2D eigenvalue weighted by atomic mass is 16.4. The van der Waals surface area contributed by atoms with E-state index in [4.69, 9.17) is 10.9 Å². The number of rotatable bonds is 3. The van der Waals surface area contributed by atoms with E-state index in [1.54, 1.807) is 11.8 Å². The Labute approximate surface area is 106 Å². The van der Waals surface area contributed by atoms with Crippen molar-refractivity contribution < 1.29 is 10.0 Å². The number of amides is 1. The molecule has 0 unspecified atom stereocenters. The standard InChI is InChI=1S/C13H17N3O2/c1-9(13(14)15-18)16-8-11(7-12(16)17)10-5-3-2-4-6-10/h2-6,9,11,18H,7-8H2,1H3,(H2,14,15)/t9-,11+/m0/s1. The normalized spacial score (nSPS) is 22.3. The van der Waals surface area contributed by atoms with E-state index in [0.717, 1.165) is 5.56 Å². The third-order valence-corrected chi connectivity index (χ3v) is 3.44. The minimum Gasteiger partial charge on any atom is -0.409 e. The van der Waals surface area contributed by atoms with Gasteiger partial charge >= 0.3 is 0 Å². The van der Waals surface area contributed by atoms with Crippen LogP contribution >= 0.6 is 0 Å². The zero-order chi connectivity index (χ0) is 13.1. The molecule has 18 heavy (non-hydrogen) atoms. The molecule has 1 fully saturated rings. The number of carbonyl (C=O) groups excluding carboxylic acids is 1. The van der Waals surface area contributed by atoms with Gasteiger partial charge in [-0.3, -0.25) is 4.79 Å². The molecule has 5 heteroatoms. The van der Waals surface area contributed by atoms with Crippen molar-refractivity contribution in [2.24, 2.45) is 10.9 Å². The number of nitrogens with two attached hydrogens (primary N) is 1. The summed E-state index contributed by atoms with van der Waals surface area (Å²) in [7, 11) is 0. The lowest BCUT2D eigenvalue weighted by atomic mass is 9.98. The summed E-state index contributed by atoms with van der Waals surface area (Å²) < 4.78 is 0. The van der Waals surface area contributed by atoms with E-state index in [1.807, 2.05) is 30.3 Å². The molecular formula is C13H17N3O2. The molecule has 0 spiro atoms. The first-order valence-electron chi connectivity index (χ1n) is 5.95. The van der Waals surface area contributed by atoms with Crippen molar-refractivity contribution in [2.75, 3.05) is 6.54 Å². The average molecular weight is 247 g/mol. The smallest absolute Gasteiger partial charge is 0.223 e. The van der Waals surface area contributed by atoms with Crippen LogP contribution in [-0.2, 0) is 4.79 Å². The summed E-state index contributed by atoms with van der Waals surface area (Å²) in [6.07, 6.45) is 0.479. The van der Waals surface area contributed by atoms with Gasteiger partial charge in [-0.05, 0) is 12.5 Å². The molecule has 2 atom stereocenters. The van der Waals surface area contributed by atoms with E-state index in [1.165, 1.54) is 0 Å². The minimum absolute atomic E-state index is 0.0444. The fourth-order valence-corrected chi connectivity index (χ4v) is 2.30. The van der Waals surface area contributed by atoms with Crippen molar-refractivity contribution in [3.8, 4) is 0 Å². The van der Waals surface area contributed by atoms with Crippen molar-refractivity contribution >= 4 is 11.7 Å². The number of likely N-dealkylation sites (tertiary alicyclic amines) is 1. The molecule has 3 N–H and O–H groups in total. The van der Waals surface area contributed by atoms with Crippen LogP contribution in [0.4, 0.5) is 0 Å². The molecule has 1 aromatic carbocycles. The third kappa shape index (κ3) is 2.30. The Hall–Kier alpha value is -2.04. The van der Waals surface area contributed by atoms with Crippen molar-refractivity contribution in [1.82, 2.24) is 4.90 Å². The second-order valence-electron chi connectivity index (χ2n) is 4.56. The fraction of sp³-hybridized carbons (Fsp3) is 0.385. The SMILES string of the molecule is C[C@@H](/C(N)=N\O)N1C[C@H](c2ccccc2)CC1=O. The maximum absolute atomic E-state index is 12.0. The number of nitrogens with zero attached hydrogens (tertiary/aromatic N) is 2. The minimum atomic E-state index is -0.365. The Bertz CT molecular complexity index is 459. The van der Waals surface area contributed by atoms with Gasteiger partial charge in [0, 0.05) is 18.9 Å². The first-order chi connectivity index (χ1) is 8.63. The average Bonchev–Trinajstić information content (AvgIpc) is 2.80. The number of amidine groups is 1. The zero-order valence-electron chi connectivity index (χ0n) is 10.3. The molecular weight excluding hydrogens is 230 g/mol. The Morgan fingerprint density at radius 1 is 1.50 bits per heavy atom. The molecule has 1 aliphatic rings. The Morgan fingerprint density at radius 3 is 2.78 bits per heavy atom. The summed E-state index contributed by atoms with van der Waals surface area (Å²) in [6.45, 7) is 2.38. The molecule has 0 saturated carbocycles. The maximum atomic E-state index is 12.0. The van der Waals surface area contributed by atoms with Gasteiger partial charge in [-0.25, -0.2) is 0 Å². The summed E-state index contributed by atoms with van der Waals surface area (Å²) in [4.78, 5) is 13.6. The quantitative estimate of drug-likeness (QED) is 0.364. The second-order valence-corrected chi connectivity index (χ2v) is 4.56. The van der Waals surface area contributed by atoms with E-state index in [2.05, 4.69) is 5.16 Å². The van der Waals surface area contributed by atoms with Crippen LogP contribution in [0.1, 0.15) is 24.8 Å².